The van der Waals surface area contributed by atoms with Gasteiger partial charge in [0.15, 0.2) is 0 Å². The quantitative estimate of drug-likeness (QED) is 0.656. The molecule has 0 aromatic carbocycles. The van der Waals surface area contributed by atoms with Crippen LogP contribution in [0.3, 0.4) is 0 Å². The molecule has 1 aliphatic carbocycles. The fourth-order valence-electron chi connectivity index (χ4n) is 2.15. The first-order valence-corrected chi connectivity index (χ1v) is 6.64. The summed E-state index contributed by atoms with van der Waals surface area (Å²) in [5.74, 6) is 0.948. The third-order valence-electron chi connectivity index (χ3n) is 3.34. The fraction of sp³-hybridized carbons (Fsp3) is 1.00. The van der Waals surface area contributed by atoms with E-state index < -0.39 is 0 Å². The van der Waals surface area contributed by atoms with Crippen LogP contribution in [0.2, 0.25) is 0 Å². The van der Waals surface area contributed by atoms with Gasteiger partial charge in [0, 0.05) is 19.2 Å². The molecule has 0 unspecified atom stereocenters. The molecule has 0 saturated heterocycles. The number of rotatable bonds is 7. The van der Waals surface area contributed by atoms with E-state index in [0.29, 0.717) is 0 Å². The van der Waals surface area contributed by atoms with Crippen LogP contribution in [0.4, 0.5) is 0 Å². The van der Waals surface area contributed by atoms with E-state index in [0.717, 1.165) is 31.7 Å². The van der Waals surface area contributed by atoms with Crippen LogP contribution < -0.4 is 5.32 Å². The molecule has 2 heteroatoms. The number of hydrogen-bond acceptors (Lipinski definition) is 2. The van der Waals surface area contributed by atoms with Crippen LogP contribution in [0.1, 0.15) is 52.4 Å². The van der Waals surface area contributed by atoms with Crippen molar-refractivity contribution in [2.24, 2.45) is 5.92 Å². The molecule has 1 saturated carbocycles. The highest BCUT2D eigenvalue weighted by molar-refractivity contribution is 4.74. The van der Waals surface area contributed by atoms with Crippen molar-refractivity contribution in [2.45, 2.75) is 58.4 Å². The molecule has 0 spiro atoms. The van der Waals surface area contributed by atoms with Crippen LogP contribution in [0.15, 0.2) is 0 Å². The molecule has 0 radical (unpaired) electrons. The first-order chi connectivity index (χ1) is 7.33. The molecule has 0 aromatic heterocycles. The van der Waals surface area contributed by atoms with Crippen LogP contribution in [-0.4, -0.2) is 25.8 Å². The van der Waals surface area contributed by atoms with Crippen molar-refractivity contribution < 1.29 is 4.74 Å². The van der Waals surface area contributed by atoms with Gasteiger partial charge < -0.3 is 10.1 Å². The molecule has 0 bridgehead atoms. The Kier molecular flexibility index (Phi) is 7.03. The highest BCUT2D eigenvalue weighted by atomic mass is 16.5. The molecule has 1 fully saturated rings. The average molecular weight is 213 g/mol. The first kappa shape index (κ1) is 13.0. The lowest BCUT2D eigenvalue weighted by Crippen LogP contribution is -2.34. The molecule has 0 aromatic rings. The molecule has 0 heterocycles. The number of ether oxygens (including phenoxy) is 1. The molecule has 1 rings (SSSR count). The third kappa shape index (κ3) is 6.16. The van der Waals surface area contributed by atoms with Crippen molar-refractivity contribution >= 4 is 0 Å². The normalized spacial score (nSPS) is 26.8. The minimum atomic E-state index is 0.760. The Labute approximate surface area is 94.8 Å². The fourth-order valence-corrected chi connectivity index (χ4v) is 2.15. The highest BCUT2D eigenvalue weighted by Crippen LogP contribution is 2.23. The molecule has 1 N–H and O–H groups in total. The Morgan fingerprint density at radius 1 is 1.13 bits per heavy atom. The topological polar surface area (TPSA) is 21.3 Å². The van der Waals surface area contributed by atoms with Crippen LogP contribution >= 0.6 is 0 Å². The Morgan fingerprint density at radius 2 is 1.87 bits per heavy atom. The average Bonchev–Trinajstić information content (AvgIpc) is 2.26. The zero-order valence-corrected chi connectivity index (χ0v) is 10.4. The summed E-state index contributed by atoms with van der Waals surface area (Å²) in [6, 6.07) is 0.760. The van der Waals surface area contributed by atoms with Gasteiger partial charge in [0.2, 0.25) is 0 Å². The molecule has 0 aliphatic heterocycles. The van der Waals surface area contributed by atoms with Gasteiger partial charge in [-0.1, -0.05) is 20.3 Å². The molecule has 0 amide bonds. The second-order valence-electron chi connectivity index (χ2n) is 4.88. The van der Waals surface area contributed by atoms with Gasteiger partial charge in [0.1, 0.15) is 0 Å². The lowest BCUT2D eigenvalue weighted by Gasteiger charge is -2.26. The van der Waals surface area contributed by atoms with Gasteiger partial charge in [-0.25, -0.2) is 0 Å². The summed E-state index contributed by atoms with van der Waals surface area (Å²) < 4.78 is 5.52. The molecule has 15 heavy (non-hydrogen) atoms. The van der Waals surface area contributed by atoms with Crippen molar-refractivity contribution in [3.63, 3.8) is 0 Å². The van der Waals surface area contributed by atoms with E-state index in [-0.39, 0.29) is 0 Å². The van der Waals surface area contributed by atoms with Crippen LogP contribution in [0.25, 0.3) is 0 Å². The minimum Gasteiger partial charge on any atom is -0.380 e. The maximum atomic E-state index is 5.52. The summed E-state index contributed by atoms with van der Waals surface area (Å²) in [7, 11) is 0. The van der Waals surface area contributed by atoms with Crippen molar-refractivity contribution in [1.82, 2.24) is 5.32 Å². The van der Waals surface area contributed by atoms with Gasteiger partial charge in [-0.3, -0.25) is 0 Å². The molecule has 2 nitrogen and oxygen atoms in total. The molecule has 90 valence electrons. The van der Waals surface area contributed by atoms with Crippen LogP contribution in [0.5, 0.6) is 0 Å². The smallest absolute Gasteiger partial charge is 0.0590 e. The molecule has 1 aliphatic rings. The van der Waals surface area contributed by atoms with E-state index in [2.05, 4.69) is 19.2 Å². The molecular weight excluding hydrogens is 186 g/mol. The largest absolute Gasteiger partial charge is 0.380 e. The van der Waals surface area contributed by atoms with Crippen molar-refractivity contribution in [3.05, 3.63) is 0 Å². The predicted octanol–water partition coefficient (Wildman–Crippen LogP) is 2.97. The van der Waals surface area contributed by atoms with Gasteiger partial charge in [-0.2, -0.15) is 0 Å². The summed E-state index contributed by atoms with van der Waals surface area (Å²) in [5.41, 5.74) is 0. The van der Waals surface area contributed by atoms with Gasteiger partial charge in [0.25, 0.3) is 0 Å². The Balaban J connectivity index is 1.87. The van der Waals surface area contributed by atoms with E-state index in [1.807, 2.05) is 0 Å². The van der Waals surface area contributed by atoms with Crippen LogP contribution in [0, 0.1) is 5.92 Å². The lowest BCUT2D eigenvalue weighted by molar-refractivity contribution is 0.128. The second kappa shape index (κ2) is 8.12. The monoisotopic (exact) mass is 213 g/mol. The Bertz CT molecular complexity index is 141. The van der Waals surface area contributed by atoms with Crippen LogP contribution in [-0.2, 0) is 4.74 Å². The van der Waals surface area contributed by atoms with E-state index in [9.17, 15) is 0 Å². The predicted molar refractivity (Wildman–Crippen MR) is 65.1 cm³/mol. The summed E-state index contributed by atoms with van der Waals surface area (Å²) in [6.45, 7) is 7.41. The Hall–Kier alpha value is -0.0800. The van der Waals surface area contributed by atoms with Crippen molar-refractivity contribution in [1.29, 1.82) is 0 Å². The number of unbranched alkanes of at least 4 members (excludes halogenated alkanes) is 1. The zero-order chi connectivity index (χ0) is 10.9. The molecular formula is C13H27NO. The van der Waals surface area contributed by atoms with Gasteiger partial charge in [-0.15, -0.1) is 0 Å². The summed E-state index contributed by atoms with van der Waals surface area (Å²) in [6.07, 6.45) is 7.93. The summed E-state index contributed by atoms with van der Waals surface area (Å²) >= 11 is 0. The van der Waals surface area contributed by atoms with E-state index in [4.69, 9.17) is 4.74 Å². The lowest BCUT2D eigenvalue weighted by atomic mass is 9.87. The summed E-state index contributed by atoms with van der Waals surface area (Å²) in [4.78, 5) is 0. The van der Waals surface area contributed by atoms with Gasteiger partial charge >= 0.3 is 0 Å². The first-order valence-electron chi connectivity index (χ1n) is 6.64. The summed E-state index contributed by atoms with van der Waals surface area (Å²) in [5, 5.41) is 3.59. The van der Waals surface area contributed by atoms with Crippen molar-refractivity contribution in [3.8, 4) is 0 Å². The zero-order valence-electron chi connectivity index (χ0n) is 10.4. The van der Waals surface area contributed by atoms with E-state index in [1.165, 1.54) is 38.5 Å². The SMILES string of the molecule is CCCCOCCNC1CCC(C)CC1. The minimum absolute atomic E-state index is 0.760. The van der Waals surface area contributed by atoms with E-state index >= 15 is 0 Å². The second-order valence-corrected chi connectivity index (χ2v) is 4.88. The third-order valence-corrected chi connectivity index (χ3v) is 3.34. The Morgan fingerprint density at radius 3 is 2.53 bits per heavy atom. The van der Waals surface area contributed by atoms with Crippen molar-refractivity contribution in [2.75, 3.05) is 19.8 Å². The van der Waals surface area contributed by atoms with Gasteiger partial charge in [0.05, 0.1) is 6.61 Å². The van der Waals surface area contributed by atoms with Gasteiger partial charge in [-0.05, 0) is 38.0 Å². The number of hydrogen-bond donors (Lipinski definition) is 1. The molecule has 0 atom stereocenters. The maximum Gasteiger partial charge on any atom is 0.0590 e. The maximum absolute atomic E-state index is 5.52. The number of nitrogens with one attached hydrogen (secondary N) is 1. The standard InChI is InChI=1S/C13H27NO/c1-3-4-10-15-11-9-14-13-7-5-12(2)6-8-13/h12-14H,3-11H2,1-2H3. The highest BCUT2D eigenvalue weighted by Gasteiger charge is 2.16. The van der Waals surface area contributed by atoms with E-state index in [1.54, 1.807) is 0 Å².